The average Bonchev–Trinajstić information content (AvgIpc) is 3.53. The molecule has 1 aromatic rings. The number of thiophene rings is 1. The van der Waals surface area contributed by atoms with Crippen LogP contribution >= 0.6 is 11.3 Å². The summed E-state index contributed by atoms with van der Waals surface area (Å²) >= 11 is 1.63. The van der Waals surface area contributed by atoms with Gasteiger partial charge in [-0.2, -0.15) is 11.3 Å². The molecular weight excluding hydrogens is 436 g/mol. The molecule has 180 valence electrons. The predicted molar refractivity (Wildman–Crippen MR) is 131 cm³/mol. The smallest absolute Gasteiger partial charge is 0.315 e. The number of likely N-dealkylation sites (tertiary alicyclic amines) is 2. The molecule has 1 spiro atoms. The highest BCUT2D eigenvalue weighted by Gasteiger charge is 2.42. The maximum Gasteiger partial charge on any atom is 0.315 e. The number of hydrogen-bond donors (Lipinski definition) is 2. The minimum absolute atomic E-state index is 0.0735. The fourth-order valence-electron chi connectivity index (χ4n) is 5.34. The molecule has 3 aliphatic rings. The number of carbonyl (C=O) groups is 3. The Morgan fingerprint density at radius 2 is 1.88 bits per heavy atom. The van der Waals surface area contributed by atoms with E-state index >= 15 is 0 Å². The second-order valence-corrected chi connectivity index (χ2v) is 10.7. The summed E-state index contributed by atoms with van der Waals surface area (Å²) in [6.07, 6.45) is 11.1. The molecule has 3 aliphatic heterocycles. The first-order valence-corrected chi connectivity index (χ1v) is 13.2. The SMILES string of the molecule is CC1NC(=O)NC1CCCCCC(=O)N1CCC2(CCN(C(=O)C=Cc3ccsc3)CC2)C1. The first kappa shape index (κ1) is 23.8. The third kappa shape index (κ3) is 6.16. The van der Waals surface area contributed by atoms with E-state index in [1.807, 2.05) is 34.7 Å². The molecule has 2 unspecified atom stereocenters. The topological polar surface area (TPSA) is 81.8 Å². The van der Waals surface area contributed by atoms with Gasteiger partial charge in [0.05, 0.1) is 6.04 Å². The summed E-state index contributed by atoms with van der Waals surface area (Å²) in [5, 5.41) is 9.87. The molecule has 8 heteroatoms. The third-order valence-corrected chi connectivity index (χ3v) is 8.27. The van der Waals surface area contributed by atoms with Crippen molar-refractivity contribution in [3.63, 3.8) is 0 Å². The third-order valence-electron chi connectivity index (χ3n) is 7.57. The van der Waals surface area contributed by atoms with E-state index in [0.717, 1.165) is 76.7 Å². The number of piperidine rings is 1. The molecular formula is C25H36N4O3S. The van der Waals surface area contributed by atoms with Crippen LogP contribution in [0.1, 0.15) is 63.9 Å². The van der Waals surface area contributed by atoms with Gasteiger partial charge in [0.15, 0.2) is 0 Å². The average molecular weight is 473 g/mol. The fraction of sp³-hybridized carbons (Fsp3) is 0.640. The van der Waals surface area contributed by atoms with E-state index in [1.54, 1.807) is 17.4 Å². The largest absolute Gasteiger partial charge is 0.342 e. The van der Waals surface area contributed by atoms with E-state index in [9.17, 15) is 14.4 Å². The Kier molecular flexibility index (Phi) is 7.73. The zero-order chi connectivity index (χ0) is 23.3. The quantitative estimate of drug-likeness (QED) is 0.448. The van der Waals surface area contributed by atoms with Crippen molar-refractivity contribution >= 4 is 35.3 Å². The van der Waals surface area contributed by atoms with Gasteiger partial charge in [-0.05, 0) is 72.9 Å². The van der Waals surface area contributed by atoms with Gasteiger partial charge in [0.2, 0.25) is 11.8 Å². The zero-order valence-corrected chi connectivity index (χ0v) is 20.4. The van der Waals surface area contributed by atoms with Crippen LogP contribution in [0.5, 0.6) is 0 Å². The summed E-state index contributed by atoms with van der Waals surface area (Å²) in [6.45, 7) is 5.27. The van der Waals surface area contributed by atoms with Gasteiger partial charge in [-0.25, -0.2) is 4.79 Å². The number of nitrogens with zero attached hydrogens (tertiary/aromatic N) is 2. The molecule has 0 saturated carbocycles. The Hall–Kier alpha value is -2.35. The van der Waals surface area contributed by atoms with Crippen LogP contribution in [-0.2, 0) is 9.59 Å². The summed E-state index contributed by atoms with van der Waals surface area (Å²) in [6, 6.07) is 2.32. The van der Waals surface area contributed by atoms with Crippen LogP contribution in [0.15, 0.2) is 22.9 Å². The normalized spacial score (nSPS) is 24.5. The van der Waals surface area contributed by atoms with Gasteiger partial charge in [-0.15, -0.1) is 0 Å². The van der Waals surface area contributed by atoms with Crippen molar-refractivity contribution in [1.82, 2.24) is 20.4 Å². The van der Waals surface area contributed by atoms with Crippen molar-refractivity contribution in [3.8, 4) is 0 Å². The second kappa shape index (κ2) is 10.7. The molecule has 4 rings (SSSR count). The molecule has 0 aliphatic carbocycles. The fourth-order valence-corrected chi connectivity index (χ4v) is 5.97. The van der Waals surface area contributed by atoms with Crippen molar-refractivity contribution in [2.24, 2.45) is 5.41 Å². The van der Waals surface area contributed by atoms with E-state index in [2.05, 4.69) is 15.5 Å². The van der Waals surface area contributed by atoms with Crippen LogP contribution in [0.2, 0.25) is 0 Å². The standard InChI is InChI=1S/C25H36N4O3S/c1-19-21(27-24(32)26-19)5-3-2-4-6-22(30)29-15-12-25(18-29)10-13-28(14-11-25)23(31)8-7-20-9-16-33-17-20/h7-9,16-17,19,21H,2-6,10-15,18H2,1H3,(H2,26,27,32). The zero-order valence-electron chi connectivity index (χ0n) is 19.6. The highest BCUT2D eigenvalue weighted by atomic mass is 32.1. The summed E-state index contributed by atoms with van der Waals surface area (Å²) in [5.74, 6) is 0.359. The molecule has 1 aromatic heterocycles. The van der Waals surface area contributed by atoms with Gasteiger partial charge in [0.1, 0.15) is 0 Å². The van der Waals surface area contributed by atoms with Crippen LogP contribution in [0, 0.1) is 5.41 Å². The molecule has 0 radical (unpaired) electrons. The van der Waals surface area contributed by atoms with Crippen molar-refractivity contribution in [3.05, 3.63) is 28.5 Å². The van der Waals surface area contributed by atoms with Gasteiger partial charge in [0, 0.05) is 44.7 Å². The van der Waals surface area contributed by atoms with Gasteiger partial charge in [-0.1, -0.05) is 12.8 Å². The molecule has 2 N–H and O–H groups in total. The molecule has 0 aromatic carbocycles. The molecule has 7 nitrogen and oxygen atoms in total. The molecule has 0 bridgehead atoms. The summed E-state index contributed by atoms with van der Waals surface area (Å²) in [7, 11) is 0. The summed E-state index contributed by atoms with van der Waals surface area (Å²) < 4.78 is 0. The molecule has 2 atom stereocenters. The number of amides is 4. The number of carbonyl (C=O) groups excluding carboxylic acids is 3. The van der Waals surface area contributed by atoms with Crippen molar-refractivity contribution in [2.75, 3.05) is 26.2 Å². The van der Waals surface area contributed by atoms with E-state index in [0.29, 0.717) is 6.42 Å². The minimum atomic E-state index is -0.0735. The van der Waals surface area contributed by atoms with Gasteiger partial charge >= 0.3 is 6.03 Å². The molecule has 33 heavy (non-hydrogen) atoms. The lowest BCUT2D eigenvalue weighted by Crippen LogP contribution is -2.44. The minimum Gasteiger partial charge on any atom is -0.342 e. The lowest BCUT2D eigenvalue weighted by Gasteiger charge is -2.39. The van der Waals surface area contributed by atoms with Crippen molar-refractivity contribution < 1.29 is 14.4 Å². The van der Waals surface area contributed by atoms with Gasteiger partial charge in [0.25, 0.3) is 0 Å². The van der Waals surface area contributed by atoms with Gasteiger partial charge < -0.3 is 20.4 Å². The number of hydrogen-bond acceptors (Lipinski definition) is 4. The Bertz CT molecular complexity index is 861. The number of unbranched alkanes of at least 4 members (excludes halogenated alkanes) is 2. The molecule has 3 saturated heterocycles. The number of rotatable bonds is 8. The predicted octanol–water partition coefficient (Wildman–Crippen LogP) is 3.62. The second-order valence-electron chi connectivity index (χ2n) is 9.89. The van der Waals surface area contributed by atoms with E-state index in [1.165, 1.54) is 0 Å². The Labute approximate surface area is 200 Å². The monoisotopic (exact) mass is 472 g/mol. The van der Waals surface area contributed by atoms with Crippen molar-refractivity contribution in [1.29, 1.82) is 0 Å². The van der Waals surface area contributed by atoms with E-state index < -0.39 is 0 Å². The lowest BCUT2D eigenvalue weighted by atomic mass is 9.78. The molecule has 3 fully saturated rings. The van der Waals surface area contributed by atoms with Gasteiger partial charge in [-0.3, -0.25) is 9.59 Å². The van der Waals surface area contributed by atoms with E-state index in [-0.39, 0.29) is 35.3 Å². The van der Waals surface area contributed by atoms with Crippen LogP contribution in [0.3, 0.4) is 0 Å². The van der Waals surface area contributed by atoms with Crippen molar-refractivity contribution in [2.45, 2.75) is 70.4 Å². The first-order valence-electron chi connectivity index (χ1n) is 12.3. The number of urea groups is 1. The summed E-state index contributed by atoms with van der Waals surface area (Å²) in [4.78, 5) is 40.6. The van der Waals surface area contributed by atoms with Crippen LogP contribution < -0.4 is 10.6 Å². The van der Waals surface area contributed by atoms with E-state index in [4.69, 9.17) is 0 Å². The first-order chi connectivity index (χ1) is 15.9. The maximum absolute atomic E-state index is 12.7. The highest BCUT2D eigenvalue weighted by molar-refractivity contribution is 7.08. The Balaban J connectivity index is 1.13. The Morgan fingerprint density at radius 3 is 2.55 bits per heavy atom. The number of nitrogens with one attached hydrogen (secondary N) is 2. The molecule has 4 amide bonds. The van der Waals surface area contributed by atoms with Crippen LogP contribution in [0.4, 0.5) is 4.79 Å². The van der Waals surface area contributed by atoms with Crippen LogP contribution in [-0.4, -0.2) is 65.9 Å². The lowest BCUT2D eigenvalue weighted by molar-refractivity contribution is -0.132. The maximum atomic E-state index is 12.7. The Morgan fingerprint density at radius 1 is 1.12 bits per heavy atom. The highest BCUT2D eigenvalue weighted by Crippen LogP contribution is 2.40. The van der Waals surface area contributed by atoms with Crippen LogP contribution in [0.25, 0.3) is 6.08 Å². The summed E-state index contributed by atoms with van der Waals surface area (Å²) in [5.41, 5.74) is 1.26. The molecule has 4 heterocycles.